The summed E-state index contributed by atoms with van der Waals surface area (Å²) in [6.45, 7) is 7.88. The second kappa shape index (κ2) is 11.0. The molecule has 32 heavy (non-hydrogen) atoms. The highest BCUT2D eigenvalue weighted by molar-refractivity contribution is 5.86. The number of rotatable bonds is 7. The number of benzene rings is 2. The van der Waals surface area contributed by atoms with Crippen LogP contribution in [0.25, 0.3) is 0 Å². The number of hydrogen-bond donors (Lipinski definition) is 1. The summed E-state index contributed by atoms with van der Waals surface area (Å²) in [6, 6.07) is 16.8. The molecule has 1 saturated heterocycles. The lowest BCUT2D eigenvalue weighted by Crippen LogP contribution is -2.53. The lowest BCUT2D eigenvalue weighted by atomic mass is 10.0. The summed E-state index contributed by atoms with van der Waals surface area (Å²) in [5.74, 6) is 0.609. The average Bonchev–Trinajstić information content (AvgIpc) is 2.78. The molecule has 3 rings (SSSR count). The van der Waals surface area contributed by atoms with Crippen molar-refractivity contribution in [2.24, 2.45) is 0 Å². The second-order valence-corrected chi connectivity index (χ2v) is 8.76. The molecule has 172 valence electrons. The lowest BCUT2D eigenvalue weighted by molar-refractivity contribution is -0.137. The molecule has 7 nitrogen and oxygen atoms in total. The molecule has 2 aromatic rings. The van der Waals surface area contributed by atoms with Crippen LogP contribution in [0.1, 0.15) is 31.9 Å². The van der Waals surface area contributed by atoms with E-state index >= 15 is 0 Å². The first-order valence-electron chi connectivity index (χ1n) is 10.9. The van der Waals surface area contributed by atoms with Gasteiger partial charge in [-0.2, -0.15) is 0 Å². The van der Waals surface area contributed by atoms with E-state index in [0.29, 0.717) is 39.3 Å². The van der Waals surface area contributed by atoms with Crippen LogP contribution in [0.3, 0.4) is 0 Å². The Hall–Kier alpha value is -3.06. The van der Waals surface area contributed by atoms with Crippen LogP contribution in [0.5, 0.6) is 5.75 Å². The van der Waals surface area contributed by atoms with Crippen molar-refractivity contribution in [1.29, 1.82) is 0 Å². The second-order valence-electron chi connectivity index (χ2n) is 8.76. The zero-order valence-corrected chi connectivity index (χ0v) is 19.0. The van der Waals surface area contributed by atoms with Crippen molar-refractivity contribution in [3.05, 3.63) is 65.7 Å². The van der Waals surface area contributed by atoms with Crippen LogP contribution in [0.4, 0.5) is 4.79 Å². The molecular weight excluding hydrogens is 408 g/mol. The van der Waals surface area contributed by atoms with Gasteiger partial charge in [-0.1, -0.05) is 42.5 Å². The molecule has 0 radical (unpaired) electrons. The van der Waals surface area contributed by atoms with Crippen LogP contribution >= 0.6 is 0 Å². The number of ether oxygens (including phenoxy) is 3. The van der Waals surface area contributed by atoms with E-state index in [9.17, 15) is 9.59 Å². The smallest absolute Gasteiger partial charge is 0.408 e. The fraction of sp³-hybridized carbons (Fsp3) is 0.440. The van der Waals surface area contributed by atoms with Gasteiger partial charge in [0, 0.05) is 19.5 Å². The summed E-state index contributed by atoms with van der Waals surface area (Å²) in [7, 11) is 0. The molecule has 0 bridgehead atoms. The molecule has 1 fully saturated rings. The predicted molar refractivity (Wildman–Crippen MR) is 121 cm³/mol. The topological polar surface area (TPSA) is 77.1 Å². The number of nitrogens with zero attached hydrogens (tertiary/aromatic N) is 1. The lowest BCUT2D eigenvalue weighted by Gasteiger charge is -2.31. The molecular formula is C25H32N2O5. The quantitative estimate of drug-likeness (QED) is 0.712. The Balaban J connectivity index is 1.64. The monoisotopic (exact) mass is 440 g/mol. The summed E-state index contributed by atoms with van der Waals surface area (Å²) in [5.41, 5.74) is 1.36. The van der Waals surface area contributed by atoms with Crippen molar-refractivity contribution in [2.75, 3.05) is 26.3 Å². The first kappa shape index (κ1) is 23.6. The van der Waals surface area contributed by atoms with E-state index in [1.807, 2.05) is 54.6 Å². The molecule has 0 aliphatic carbocycles. The van der Waals surface area contributed by atoms with Gasteiger partial charge in [0.25, 0.3) is 0 Å². The number of alkyl carbamates (subject to hydrolysis) is 1. The maximum absolute atomic E-state index is 13.1. The van der Waals surface area contributed by atoms with Gasteiger partial charge in [-0.25, -0.2) is 4.79 Å². The van der Waals surface area contributed by atoms with Gasteiger partial charge in [-0.15, -0.1) is 0 Å². The van der Waals surface area contributed by atoms with Gasteiger partial charge in [0.2, 0.25) is 5.91 Å². The number of morpholine rings is 1. The average molecular weight is 441 g/mol. The fourth-order valence-electron chi connectivity index (χ4n) is 3.35. The molecule has 1 aliphatic heterocycles. The van der Waals surface area contributed by atoms with Crippen molar-refractivity contribution in [3.63, 3.8) is 0 Å². The third kappa shape index (κ3) is 7.57. The van der Waals surface area contributed by atoms with Crippen LogP contribution in [0.15, 0.2) is 54.6 Å². The highest BCUT2D eigenvalue weighted by Crippen LogP contribution is 2.17. The standard InChI is InChI=1S/C25H32N2O5/c1-25(2,3)32-24(29)26-22(23(28)27-13-15-30-16-14-27)17-19-9-11-21(12-10-19)31-18-20-7-5-4-6-8-20/h4-12,22H,13-18H2,1-3H3,(H,26,29)/t22-/m0/s1. The Kier molecular flexibility index (Phi) is 8.11. The van der Waals surface area contributed by atoms with Crippen molar-refractivity contribution in [3.8, 4) is 5.75 Å². The molecule has 2 aromatic carbocycles. The van der Waals surface area contributed by atoms with Crippen LogP contribution in [0.2, 0.25) is 0 Å². The third-order valence-electron chi connectivity index (χ3n) is 4.92. The Bertz CT molecular complexity index is 871. The minimum Gasteiger partial charge on any atom is -0.489 e. The van der Waals surface area contributed by atoms with Crippen LogP contribution < -0.4 is 10.1 Å². The predicted octanol–water partition coefficient (Wildman–Crippen LogP) is 3.56. The number of hydrogen-bond acceptors (Lipinski definition) is 5. The molecule has 0 unspecified atom stereocenters. The number of amides is 2. The number of carbonyl (C=O) groups excluding carboxylic acids is 2. The minimum atomic E-state index is -0.723. The zero-order chi connectivity index (χ0) is 23.0. The summed E-state index contributed by atoms with van der Waals surface area (Å²) < 4.78 is 16.5. The van der Waals surface area contributed by atoms with E-state index < -0.39 is 17.7 Å². The maximum Gasteiger partial charge on any atom is 0.408 e. The Morgan fingerprint density at radius 1 is 1.00 bits per heavy atom. The summed E-state index contributed by atoms with van der Waals surface area (Å²) in [6.07, 6.45) is -0.249. The Morgan fingerprint density at radius 2 is 1.66 bits per heavy atom. The first-order valence-corrected chi connectivity index (χ1v) is 10.9. The molecule has 2 amide bonds. The van der Waals surface area contributed by atoms with Crippen molar-refractivity contribution >= 4 is 12.0 Å². The Morgan fingerprint density at radius 3 is 2.28 bits per heavy atom. The largest absolute Gasteiger partial charge is 0.489 e. The van der Waals surface area contributed by atoms with E-state index in [4.69, 9.17) is 14.2 Å². The third-order valence-corrected chi connectivity index (χ3v) is 4.92. The van der Waals surface area contributed by atoms with E-state index in [0.717, 1.165) is 16.9 Å². The molecule has 0 spiro atoms. The van der Waals surface area contributed by atoms with Crippen molar-refractivity contribution in [1.82, 2.24) is 10.2 Å². The van der Waals surface area contributed by atoms with E-state index in [1.54, 1.807) is 25.7 Å². The molecule has 7 heteroatoms. The van der Waals surface area contributed by atoms with Gasteiger partial charge in [0.05, 0.1) is 13.2 Å². The van der Waals surface area contributed by atoms with Gasteiger partial charge in [-0.05, 0) is 44.0 Å². The van der Waals surface area contributed by atoms with E-state index in [2.05, 4.69) is 5.32 Å². The van der Waals surface area contributed by atoms with Gasteiger partial charge in [0.1, 0.15) is 24.0 Å². The molecule has 1 N–H and O–H groups in total. The maximum atomic E-state index is 13.1. The highest BCUT2D eigenvalue weighted by Gasteiger charge is 2.29. The SMILES string of the molecule is CC(C)(C)OC(=O)N[C@@H](Cc1ccc(OCc2ccccc2)cc1)C(=O)N1CCOCC1. The van der Waals surface area contributed by atoms with Gasteiger partial charge < -0.3 is 24.4 Å². The fourth-order valence-corrected chi connectivity index (χ4v) is 3.35. The van der Waals surface area contributed by atoms with Crippen LogP contribution in [-0.2, 0) is 27.3 Å². The molecule has 1 heterocycles. The molecule has 0 aromatic heterocycles. The van der Waals surface area contributed by atoms with Gasteiger partial charge in [-0.3, -0.25) is 4.79 Å². The molecule has 0 saturated carbocycles. The normalized spacial score (nSPS) is 15.0. The van der Waals surface area contributed by atoms with E-state index in [-0.39, 0.29) is 5.91 Å². The van der Waals surface area contributed by atoms with Gasteiger partial charge in [0.15, 0.2) is 0 Å². The van der Waals surface area contributed by atoms with E-state index in [1.165, 1.54) is 0 Å². The molecule has 1 atom stereocenters. The summed E-state index contributed by atoms with van der Waals surface area (Å²) in [5, 5.41) is 2.76. The van der Waals surface area contributed by atoms with Crippen LogP contribution in [-0.4, -0.2) is 54.8 Å². The van der Waals surface area contributed by atoms with Gasteiger partial charge >= 0.3 is 6.09 Å². The zero-order valence-electron chi connectivity index (χ0n) is 19.0. The Labute approximate surface area is 189 Å². The van der Waals surface area contributed by atoms with Crippen molar-refractivity contribution < 1.29 is 23.8 Å². The molecule has 1 aliphatic rings. The number of nitrogens with one attached hydrogen (secondary N) is 1. The summed E-state index contributed by atoms with van der Waals surface area (Å²) in [4.78, 5) is 27.2. The van der Waals surface area contributed by atoms with Crippen LogP contribution in [0, 0.1) is 0 Å². The highest BCUT2D eigenvalue weighted by atomic mass is 16.6. The van der Waals surface area contributed by atoms with Crippen molar-refractivity contribution in [2.45, 2.75) is 45.4 Å². The minimum absolute atomic E-state index is 0.136. The summed E-state index contributed by atoms with van der Waals surface area (Å²) >= 11 is 0. The first-order chi connectivity index (χ1) is 15.3. The number of carbonyl (C=O) groups is 2.